The van der Waals surface area contributed by atoms with Crippen molar-refractivity contribution in [1.82, 2.24) is 14.9 Å². The number of non-ortho nitro benzene ring substituents is 1. The van der Waals surface area contributed by atoms with Gasteiger partial charge in [0.05, 0.1) is 4.92 Å². The van der Waals surface area contributed by atoms with Crippen LogP contribution in [-0.2, 0) is 24.1 Å². The Hall–Kier alpha value is -3.03. The second kappa shape index (κ2) is 9.85. The molecular formula is C25H33N5O3. The van der Waals surface area contributed by atoms with Crippen molar-refractivity contribution in [2.75, 3.05) is 31.1 Å². The number of carbonyl (C=O) groups is 1. The quantitative estimate of drug-likeness (QED) is 0.448. The number of aromatic nitrogens is 2. The van der Waals surface area contributed by atoms with E-state index in [9.17, 15) is 14.9 Å². The smallest absolute Gasteiger partial charge is 0.269 e. The topological polar surface area (TPSA) is 92.5 Å². The van der Waals surface area contributed by atoms with Crippen molar-refractivity contribution in [3.8, 4) is 0 Å². The van der Waals surface area contributed by atoms with E-state index < -0.39 is 0 Å². The summed E-state index contributed by atoms with van der Waals surface area (Å²) < 4.78 is 0. The Morgan fingerprint density at radius 3 is 2.33 bits per heavy atom. The number of piperazine rings is 1. The molecule has 0 N–H and O–H groups in total. The number of nitrogens with zero attached hydrogens (tertiary/aromatic N) is 5. The van der Waals surface area contributed by atoms with E-state index in [4.69, 9.17) is 9.97 Å². The summed E-state index contributed by atoms with van der Waals surface area (Å²) in [6.45, 7) is 9.40. The highest BCUT2D eigenvalue weighted by atomic mass is 16.6. The van der Waals surface area contributed by atoms with Crippen LogP contribution >= 0.6 is 0 Å². The number of nitro groups is 1. The molecule has 1 aliphatic heterocycles. The summed E-state index contributed by atoms with van der Waals surface area (Å²) in [5.41, 5.74) is 3.21. The fourth-order valence-corrected chi connectivity index (χ4v) is 4.43. The molecule has 2 aliphatic rings. The molecule has 0 radical (unpaired) electrons. The zero-order valence-corrected chi connectivity index (χ0v) is 19.8. The van der Waals surface area contributed by atoms with E-state index in [1.54, 1.807) is 12.1 Å². The number of amides is 1. The molecule has 8 heteroatoms. The van der Waals surface area contributed by atoms with Crippen LogP contribution in [0.4, 0.5) is 11.5 Å². The van der Waals surface area contributed by atoms with E-state index in [1.807, 2.05) is 17.0 Å². The molecule has 1 saturated heterocycles. The monoisotopic (exact) mass is 451 g/mol. The van der Waals surface area contributed by atoms with E-state index in [2.05, 4.69) is 25.7 Å². The van der Waals surface area contributed by atoms with Gasteiger partial charge in [0.2, 0.25) is 5.91 Å². The normalized spacial score (nSPS) is 16.4. The SMILES string of the molecule is CCc1nc(CC(C)C)nc(N2CCN(C(=O)C3CC3)CC2)c1Cc1ccc([N+](=O)[O-])cc1. The summed E-state index contributed by atoms with van der Waals surface area (Å²) in [5, 5.41) is 11.0. The van der Waals surface area contributed by atoms with Gasteiger partial charge in [0.25, 0.3) is 5.69 Å². The van der Waals surface area contributed by atoms with Gasteiger partial charge in [0.15, 0.2) is 0 Å². The maximum Gasteiger partial charge on any atom is 0.269 e. The van der Waals surface area contributed by atoms with Gasteiger partial charge in [-0.2, -0.15) is 0 Å². The number of hydrogen-bond acceptors (Lipinski definition) is 6. The zero-order chi connectivity index (χ0) is 23.5. The molecular weight excluding hydrogens is 418 g/mol. The van der Waals surface area contributed by atoms with Crippen molar-refractivity contribution in [3.63, 3.8) is 0 Å². The first kappa shape index (κ1) is 23.1. The van der Waals surface area contributed by atoms with E-state index in [0.717, 1.165) is 80.3 Å². The third-order valence-electron chi connectivity index (χ3n) is 6.39. The summed E-state index contributed by atoms with van der Waals surface area (Å²) in [6.07, 6.45) is 4.30. The van der Waals surface area contributed by atoms with Crippen LogP contribution in [-0.4, -0.2) is 51.9 Å². The Morgan fingerprint density at radius 1 is 1.12 bits per heavy atom. The van der Waals surface area contributed by atoms with E-state index in [-0.39, 0.29) is 16.5 Å². The number of carbonyl (C=O) groups excluding carboxylic acids is 1. The molecule has 2 fully saturated rings. The van der Waals surface area contributed by atoms with Gasteiger partial charge in [-0.25, -0.2) is 9.97 Å². The van der Waals surface area contributed by atoms with Crippen LogP contribution in [0.25, 0.3) is 0 Å². The minimum absolute atomic E-state index is 0.0923. The molecule has 4 rings (SSSR count). The van der Waals surface area contributed by atoms with Crippen LogP contribution in [0.2, 0.25) is 0 Å². The lowest BCUT2D eigenvalue weighted by Crippen LogP contribution is -2.49. The summed E-state index contributed by atoms with van der Waals surface area (Å²) in [7, 11) is 0. The van der Waals surface area contributed by atoms with Crippen molar-refractivity contribution in [2.45, 2.75) is 52.9 Å². The summed E-state index contributed by atoms with van der Waals surface area (Å²) in [6, 6.07) is 6.74. The van der Waals surface area contributed by atoms with Crippen molar-refractivity contribution in [3.05, 3.63) is 57.0 Å². The molecule has 176 valence electrons. The second-order valence-electron chi connectivity index (χ2n) is 9.53. The fourth-order valence-electron chi connectivity index (χ4n) is 4.43. The Kier molecular flexibility index (Phi) is 6.91. The predicted molar refractivity (Wildman–Crippen MR) is 127 cm³/mol. The van der Waals surface area contributed by atoms with Crippen molar-refractivity contribution >= 4 is 17.4 Å². The van der Waals surface area contributed by atoms with Crippen LogP contribution in [0.1, 0.15) is 56.3 Å². The molecule has 0 unspecified atom stereocenters. The largest absolute Gasteiger partial charge is 0.353 e. The van der Waals surface area contributed by atoms with Gasteiger partial charge in [-0.3, -0.25) is 14.9 Å². The first-order chi connectivity index (χ1) is 15.9. The molecule has 2 aromatic rings. The van der Waals surface area contributed by atoms with E-state index in [1.165, 1.54) is 0 Å². The summed E-state index contributed by atoms with van der Waals surface area (Å²) in [5.74, 6) is 2.82. The number of rotatable bonds is 8. The summed E-state index contributed by atoms with van der Waals surface area (Å²) >= 11 is 0. The molecule has 1 aliphatic carbocycles. The molecule has 2 heterocycles. The highest BCUT2D eigenvalue weighted by molar-refractivity contribution is 5.81. The molecule has 1 saturated carbocycles. The predicted octanol–water partition coefficient (Wildman–Crippen LogP) is 3.80. The maximum absolute atomic E-state index is 12.5. The van der Waals surface area contributed by atoms with Gasteiger partial charge < -0.3 is 9.80 Å². The molecule has 0 spiro atoms. The number of aryl methyl sites for hydroxylation is 1. The van der Waals surface area contributed by atoms with Gasteiger partial charge in [-0.1, -0.05) is 32.9 Å². The summed E-state index contributed by atoms with van der Waals surface area (Å²) in [4.78, 5) is 37.3. The Balaban J connectivity index is 1.62. The van der Waals surface area contributed by atoms with Crippen molar-refractivity contribution < 1.29 is 9.72 Å². The minimum atomic E-state index is -0.376. The van der Waals surface area contributed by atoms with Crippen molar-refractivity contribution in [2.24, 2.45) is 11.8 Å². The standard InChI is InChI=1S/C25H33N5O3/c1-4-22-21(16-18-5-9-20(10-6-18)30(32)33)24(27-23(26-22)15-17(2)3)28-11-13-29(14-12-28)25(31)19-7-8-19/h5-6,9-10,17,19H,4,7-8,11-16H2,1-3H3. The molecule has 33 heavy (non-hydrogen) atoms. The van der Waals surface area contributed by atoms with Gasteiger partial charge in [-0.05, 0) is 30.7 Å². The van der Waals surface area contributed by atoms with E-state index in [0.29, 0.717) is 18.2 Å². The Labute approximate surface area is 195 Å². The third-order valence-corrected chi connectivity index (χ3v) is 6.39. The molecule has 1 aromatic heterocycles. The van der Waals surface area contributed by atoms with Gasteiger partial charge in [0, 0.05) is 68.3 Å². The molecule has 0 bridgehead atoms. The second-order valence-corrected chi connectivity index (χ2v) is 9.53. The number of benzene rings is 1. The van der Waals surface area contributed by atoms with Gasteiger partial charge in [0.1, 0.15) is 11.6 Å². The van der Waals surface area contributed by atoms with Crippen LogP contribution in [0.5, 0.6) is 0 Å². The Bertz CT molecular complexity index is 1010. The Morgan fingerprint density at radius 2 is 1.79 bits per heavy atom. The highest BCUT2D eigenvalue weighted by Crippen LogP contribution is 2.32. The molecule has 8 nitrogen and oxygen atoms in total. The number of hydrogen-bond donors (Lipinski definition) is 0. The van der Waals surface area contributed by atoms with Gasteiger partial charge >= 0.3 is 0 Å². The fraction of sp³-hybridized carbons (Fsp3) is 0.560. The average molecular weight is 452 g/mol. The minimum Gasteiger partial charge on any atom is -0.353 e. The number of nitro benzene ring substituents is 1. The highest BCUT2D eigenvalue weighted by Gasteiger charge is 2.35. The lowest BCUT2D eigenvalue weighted by atomic mass is 10.0. The number of anilines is 1. The average Bonchev–Trinajstić information content (AvgIpc) is 3.65. The zero-order valence-electron chi connectivity index (χ0n) is 19.8. The van der Waals surface area contributed by atoms with Crippen LogP contribution < -0.4 is 4.90 Å². The van der Waals surface area contributed by atoms with Crippen LogP contribution in [0, 0.1) is 22.0 Å². The third kappa shape index (κ3) is 5.49. The first-order valence-electron chi connectivity index (χ1n) is 12.0. The molecule has 1 aromatic carbocycles. The molecule has 0 atom stereocenters. The van der Waals surface area contributed by atoms with Gasteiger partial charge in [-0.15, -0.1) is 0 Å². The van der Waals surface area contributed by atoms with Crippen LogP contribution in [0.3, 0.4) is 0 Å². The van der Waals surface area contributed by atoms with Crippen LogP contribution in [0.15, 0.2) is 24.3 Å². The lowest BCUT2D eigenvalue weighted by Gasteiger charge is -2.37. The van der Waals surface area contributed by atoms with E-state index >= 15 is 0 Å². The van der Waals surface area contributed by atoms with Crippen molar-refractivity contribution in [1.29, 1.82) is 0 Å². The lowest BCUT2D eigenvalue weighted by molar-refractivity contribution is -0.384. The molecule has 1 amide bonds. The maximum atomic E-state index is 12.5. The first-order valence-corrected chi connectivity index (χ1v) is 12.0.